The molecule has 0 aliphatic rings. The Hall–Kier alpha value is -1.23. The number of unbranched alkanes of at least 4 members (excludes halogenated alkanes) is 2. The molecule has 1 aromatic carbocycles. The Morgan fingerprint density at radius 1 is 1.12 bits per heavy atom. The number of benzene rings is 1. The summed E-state index contributed by atoms with van der Waals surface area (Å²) in [5, 5.41) is 22.0. The molecule has 0 aliphatic heterocycles. The molecule has 34 heavy (non-hydrogen) atoms. The number of carboxylic acid groups (broad SMARTS) is 1. The highest BCUT2D eigenvalue weighted by atomic mass is 35.5. The van der Waals surface area contributed by atoms with E-state index in [1.54, 1.807) is 45.4 Å². The van der Waals surface area contributed by atoms with Crippen molar-refractivity contribution in [2.24, 2.45) is 0 Å². The third kappa shape index (κ3) is 13.6. The van der Waals surface area contributed by atoms with Gasteiger partial charge in [-0.05, 0) is 50.5 Å². The molecule has 0 heterocycles. The van der Waals surface area contributed by atoms with Gasteiger partial charge >= 0.3 is 13.8 Å². The second kappa shape index (κ2) is 15.0. The summed E-state index contributed by atoms with van der Waals surface area (Å²) in [6.07, 6.45) is -1.14. The quantitative estimate of drug-likeness (QED) is 0.128. The second-order valence-corrected chi connectivity index (χ2v) is 10.7. The molecule has 10 nitrogen and oxygen atoms in total. The lowest BCUT2D eigenvalue weighted by atomic mass is 10.2. The predicted molar refractivity (Wildman–Crippen MR) is 126 cm³/mol. The fourth-order valence-corrected chi connectivity index (χ4v) is 3.93. The molecular formula is C22H37ClNO9P. The molecule has 0 aliphatic carbocycles. The van der Waals surface area contributed by atoms with E-state index in [1.165, 1.54) is 0 Å². The van der Waals surface area contributed by atoms with Gasteiger partial charge in [-0.15, -0.1) is 0 Å². The summed E-state index contributed by atoms with van der Waals surface area (Å²) in [6.45, 7) is 2.94. The summed E-state index contributed by atoms with van der Waals surface area (Å²) >= 11 is 5.84. The van der Waals surface area contributed by atoms with Crippen molar-refractivity contribution < 1.29 is 47.5 Å². The van der Waals surface area contributed by atoms with E-state index in [9.17, 15) is 19.4 Å². The van der Waals surface area contributed by atoms with Gasteiger partial charge in [-0.2, -0.15) is 0 Å². The minimum absolute atomic E-state index is 0.0158. The lowest BCUT2D eigenvalue weighted by Gasteiger charge is -2.42. The van der Waals surface area contributed by atoms with E-state index in [2.05, 4.69) is 0 Å². The molecule has 0 radical (unpaired) electrons. The third-order valence-corrected chi connectivity index (χ3v) is 6.08. The summed E-state index contributed by atoms with van der Waals surface area (Å²) in [7, 11) is 0.0845. The first-order chi connectivity index (χ1) is 15.8. The smallest absolute Gasteiger partial charge is 0.472 e. The molecule has 1 aromatic rings. The van der Waals surface area contributed by atoms with E-state index in [-0.39, 0.29) is 17.2 Å². The van der Waals surface area contributed by atoms with Crippen molar-refractivity contribution in [2.45, 2.75) is 57.5 Å². The van der Waals surface area contributed by atoms with Crippen LogP contribution in [0.4, 0.5) is 0 Å². The molecule has 4 atom stereocenters. The number of ether oxygens (including phenoxy) is 2. The van der Waals surface area contributed by atoms with Crippen molar-refractivity contribution in [3.8, 4) is 5.75 Å². The van der Waals surface area contributed by atoms with Gasteiger partial charge in [0.2, 0.25) is 0 Å². The number of hydrogen-bond acceptors (Lipinski definition) is 7. The Balaban J connectivity index is 2.21. The topological polar surface area (TPSA) is 135 Å². The molecule has 2 N–H and O–H groups in total. The number of phosphoric ester groups is 1. The number of halogens is 1. The van der Waals surface area contributed by atoms with E-state index >= 15 is 0 Å². The molecule has 0 saturated heterocycles. The van der Waals surface area contributed by atoms with Crippen molar-refractivity contribution in [3.05, 3.63) is 29.3 Å². The van der Waals surface area contributed by atoms with Gasteiger partial charge in [-0.3, -0.25) is 13.8 Å². The fraction of sp³-hybridized carbons (Fsp3) is 0.682. The maximum Gasteiger partial charge on any atom is 0.472 e. The SMILES string of the molecule is CC(CCOc1ccc(Cl)cc1)OCCCCCOP(=O)(O)O[C@H](CC(=O)O)C([O-])[N+](C)(C)C. The van der Waals surface area contributed by atoms with Crippen LogP contribution in [0, 0.1) is 0 Å². The van der Waals surface area contributed by atoms with E-state index in [0.29, 0.717) is 31.1 Å². The predicted octanol–water partition coefficient (Wildman–Crippen LogP) is 3.05. The second-order valence-electron chi connectivity index (χ2n) is 8.88. The van der Waals surface area contributed by atoms with Crippen LogP contribution in [-0.4, -0.2) is 79.9 Å². The summed E-state index contributed by atoms with van der Waals surface area (Å²) < 4.78 is 33.2. The first-order valence-corrected chi connectivity index (χ1v) is 13.0. The van der Waals surface area contributed by atoms with Crippen molar-refractivity contribution in [2.75, 3.05) is 41.0 Å². The lowest BCUT2D eigenvalue weighted by molar-refractivity contribution is -0.973. The third-order valence-electron chi connectivity index (χ3n) is 4.78. The van der Waals surface area contributed by atoms with E-state index in [1.807, 2.05) is 6.92 Å². The number of aliphatic carboxylic acids is 1. The molecular weight excluding hydrogens is 489 g/mol. The Kier molecular flexibility index (Phi) is 13.6. The number of likely N-dealkylation sites (N-methyl/N-ethyl adjacent to an activating group) is 1. The van der Waals surface area contributed by atoms with Crippen molar-refractivity contribution in [1.29, 1.82) is 0 Å². The first-order valence-electron chi connectivity index (χ1n) is 11.1. The zero-order valence-electron chi connectivity index (χ0n) is 20.2. The van der Waals surface area contributed by atoms with Crippen molar-refractivity contribution in [3.63, 3.8) is 0 Å². The van der Waals surface area contributed by atoms with Crippen LogP contribution in [0.5, 0.6) is 5.75 Å². The van der Waals surface area contributed by atoms with Crippen LogP contribution in [0.15, 0.2) is 24.3 Å². The lowest BCUT2D eigenvalue weighted by Crippen LogP contribution is -2.60. The number of hydrogen-bond donors (Lipinski definition) is 2. The number of rotatable bonds is 18. The number of nitrogens with zero attached hydrogens (tertiary/aromatic N) is 1. The summed E-state index contributed by atoms with van der Waals surface area (Å²) in [5.41, 5.74) is 0. The molecule has 0 saturated carbocycles. The molecule has 3 unspecified atom stereocenters. The maximum absolute atomic E-state index is 12.4. The highest BCUT2D eigenvalue weighted by Gasteiger charge is 2.34. The van der Waals surface area contributed by atoms with Crippen LogP contribution in [0.2, 0.25) is 5.02 Å². The van der Waals surface area contributed by atoms with E-state index in [0.717, 1.165) is 18.6 Å². The molecule has 1 rings (SSSR count). The van der Waals surface area contributed by atoms with Gasteiger partial charge < -0.3 is 29.1 Å². The number of quaternary nitrogens is 1. The van der Waals surface area contributed by atoms with Gasteiger partial charge in [0, 0.05) is 24.3 Å². The number of carbonyl (C=O) groups is 1. The Labute approximate surface area is 206 Å². The van der Waals surface area contributed by atoms with Gasteiger partial charge in [0.05, 0.1) is 46.9 Å². The minimum atomic E-state index is -4.57. The number of carboxylic acids is 1. The van der Waals surface area contributed by atoms with Gasteiger partial charge in [0.25, 0.3) is 0 Å². The van der Waals surface area contributed by atoms with E-state index < -0.39 is 32.5 Å². The van der Waals surface area contributed by atoms with Crippen LogP contribution in [0.25, 0.3) is 0 Å². The Bertz CT molecular complexity index is 773. The van der Waals surface area contributed by atoms with Gasteiger partial charge in [-0.1, -0.05) is 11.6 Å². The molecule has 0 spiro atoms. The molecule has 0 amide bonds. The standard InChI is InChI=1S/C22H37ClNO9P/c1-17(12-15-31-19-10-8-18(23)9-11-19)30-13-6-5-7-14-32-34(28,29)33-20(16-21(25)26)22(27)24(2,3)4/h8-11,17,20,22H,5-7,12-16H2,1-4H3,(H,25,26)(H,28,29)/t17?,20-,22?/m1/s1. The van der Waals surface area contributed by atoms with Crippen LogP contribution in [-0.2, 0) is 23.1 Å². The van der Waals surface area contributed by atoms with Crippen LogP contribution >= 0.6 is 19.4 Å². The molecule has 0 fully saturated rings. The Morgan fingerprint density at radius 2 is 1.74 bits per heavy atom. The summed E-state index contributed by atoms with van der Waals surface area (Å²) in [4.78, 5) is 20.9. The summed E-state index contributed by atoms with van der Waals surface area (Å²) in [6, 6.07) is 7.15. The average molecular weight is 526 g/mol. The maximum atomic E-state index is 12.4. The molecule has 12 heteroatoms. The molecule has 196 valence electrons. The largest absolute Gasteiger partial charge is 0.804 e. The van der Waals surface area contributed by atoms with Crippen LogP contribution in [0.1, 0.15) is 39.0 Å². The minimum Gasteiger partial charge on any atom is -0.804 e. The highest BCUT2D eigenvalue weighted by Crippen LogP contribution is 2.45. The molecule has 0 bridgehead atoms. The Morgan fingerprint density at radius 3 is 2.32 bits per heavy atom. The zero-order valence-corrected chi connectivity index (χ0v) is 21.9. The normalized spacial score (nSPS) is 16.4. The van der Waals surface area contributed by atoms with Crippen molar-refractivity contribution in [1.82, 2.24) is 0 Å². The monoisotopic (exact) mass is 525 g/mol. The number of phosphoric acid groups is 1. The molecule has 0 aromatic heterocycles. The average Bonchev–Trinajstić information content (AvgIpc) is 2.72. The van der Waals surface area contributed by atoms with Gasteiger partial charge in [0.1, 0.15) is 11.9 Å². The highest BCUT2D eigenvalue weighted by molar-refractivity contribution is 7.47. The van der Waals surface area contributed by atoms with Crippen LogP contribution in [0.3, 0.4) is 0 Å². The van der Waals surface area contributed by atoms with Gasteiger partial charge in [0.15, 0.2) is 0 Å². The zero-order chi connectivity index (χ0) is 25.8. The van der Waals surface area contributed by atoms with Crippen LogP contribution < -0.4 is 9.84 Å². The summed E-state index contributed by atoms with van der Waals surface area (Å²) in [5.74, 6) is -0.552. The van der Waals surface area contributed by atoms with Gasteiger partial charge in [-0.25, -0.2) is 4.57 Å². The first kappa shape index (κ1) is 30.8. The van der Waals surface area contributed by atoms with Crippen molar-refractivity contribution >= 4 is 25.4 Å². The van der Waals surface area contributed by atoms with E-state index in [4.69, 9.17) is 35.2 Å². The fourth-order valence-electron chi connectivity index (χ4n) is 2.86.